The van der Waals surface area contributed by atoms with Crippen LogP contribution in [0.3, 0.4) is 0 Å². The zero-order valence-corrected chi connectivity index (χ0v) is 14.1. The third kappa shape index (κ3) is 5.07. The first-order chi connectivity index (χ1) is 8.99. The minimum Gasteiger partial charge on any atom is -0.312 e. The Bertz CT molecular complexity index is 235. The van der Waals surface area contributed by atoms with Crippen LogP contribution in [0.4, 0.5) is 0 Å². The van der Waals surface area contributed by atoms with Crippen molar-refractivity contribution in [1.82, 2.24) is 10.2 Å². The van der Waals surface area contributed by atoms with Gasteiger partial charge in [-0.15, -0.1) is 0 Å². The highest BCUT2D eigenvalue weighted by atomic mass is 15.1. The van der Waals surface area contributed by atoms with Crippen LogP contribution in [-0.4, -0.2) is 37.6 Å². The second-order valence-electron chi connectivity index (χ2n) is 7.02. The summed E-state index contributed by atoms with van der Waals surface area (Å²) in [4.78, 5) is 2.42. The van der Waals surface area contributed by atoms with Crippen molar-refractivity contribution in [2.75, 3.05) is 20.6 Å². The van der Waals surface area contributed by atoms with E-state index in [0.29, 0.717) is 6.04 Å². The van der Waals surface area contributed by atoms with Gasteiger partial charge in [-0.1, -0.05) is 40.5 Å². The Morgan fingerprint density at radius 2 is 1.74 bits per heavy atom. The predicted octanol–water partition coefficient (Wildman–Crippen LogP) is 3.77. The lowest BCUT2D eigenvalue weighted by molar-refractivity contribution is 0.166. The second-order valence-corrected chi connectivity index (χ2v) is 7.02. The number of rotatable bonds is 7. The third-order valence-corrected chi connectivity index (χ3v) is 5.28. The molecule has 4 atom stereocenters. The summed E-state index contributed by atoms with van der Waals surface area (Å²) in [7, 11) is 4.47. The normalized spacial score (nSPS) is 30.0. The van der Waals surface area contributed by atoms with Gasteiger partial charge in [0.05, 0.1) is 0 Å². The van der Waals surface area contributed by atoms with E-state index in [0.717, 1.165) is 30.3 Å². The topological polar surface area (TPSA) is 15.3 Å². The highest BCUT2D eigenvalue weighted by Crippen LogP contribution is 2.28. The second kappa shape index (κ2) is 8.26. The molecule has 2 nitrogen and oxygen atoms in total. The van der Waals surface area contributed by atoms with Crippen LogP contribution in [0.2, 0.25) is 0 Å². The van der Waals surface area contributed by atoms with E-state index >= 15 is 0 Å². The molecule has 19 heavy (non-hydrogen) atoms. The molecule has 0 aliphatic heterocycles. The van der Waals surface area contributed by atoms with Gasteiger partial charge >= 0.3 is 0 Å². The van der Waals surface area contributed by atoms with Crippen molar-refractivity contribution in [1.29, 1.82) is 0 Å². The lowest BCUT2D eigenvalue weighted by atomic mass is 9.79. The summed E-state index contributed by atoms with van der Waals surface area (Å²) in [5.41, 5.74) is 0. The van der Waals surface area contributed by atoms with Crippen LogP contribution >= 0.6 is 0 Å². The summed E-state index contributed by atoms with van der Waals surface area (Å²) in [6.07, 6.45) is 6.75. The summed E-state index contributed by atoms with van der Waals surface area (Å²) in [5.74, 6) is 2.59. The number of nitrogens with zero attached hydrogens (tertiary/aromatic N) is 1. The summed E-state index contributed by atoms with van der Waals surface area (Å²) < 4.78 is 0. The molecule has 0 heterocycles. The van der Waals surface area contributed by atoms with E-state index in [1.54, 1.807) is 0 Å². The molecular formula is C17H36N2. The largest absolute Gasteiger partial charge is 0.312 e. The molecule has 114 valence electrons. The zero-order valence-electron chi connectivity index (χ0n) is 14.1. The molecular weight excluding hydrogens is 232 g/mol. The molecule has 4 unspecified atom stereocenters. The lowest BCUT2D eigenvalue weighted by Crippen LogP contribution is -2.48. The van der Waals surface area contributed by atoms with Crippen molar-refractivity contribution in [2.45, 2.75) is 71.9 Å². The zero-order chi connectivity index (χ0) is 14.4. The van der Waals surface area contributed by atoms with Crippen LogP contribution in [0.15, 0.2) is 0 Å². The highest BCUT2D eigenvalue weighted by molar-refractivity contribution is 4.84. The van der Waals surface area contributed by atoms with Crippen molar-refractivity contribution in [3.63, 3.8) is 0 Å². The van der Waals surface area contributed by atoms with Crippen molar-refractivity contribution in [2.24, 2.45) is 17.8 Å². The fraction of sp³-hybridized carbons (Fsp3) is 1.00. The van der Waals surface area contributed by atoms with Crippen molar-refractivity contribution < 1.29 is 0 Å². The van der Waals surface area contributed by atoms with E-state index in [1.807, 2.05) is 0 Å². The molecule has 1 aliphatic carbocycles. The molecule has 0 radical (unpaired) electrons. The first-order valence-electron chi connectivity index (χ1n) is 8.39. The molecule has 0 aromatic rings. The summed E-state index contributed by atoms with van der Waals surface area (Å²) >= 11 is 0. The summed E-state index contributed by atoms with van der Waals surface area (Å²) in [5, 5.41) is 3.88. The molecule has 0 amide bonds. The molecule has 0 aromatic carbocycles. The minimum atomic E-state index is 0.682. The first kappa shape index (κ1) is 17.0. The van der Waals surface area contributed by atoms with Crippen LogP contribution in [0, 0.1) is 17.8 Å². The van der Waals surface area contributed by atoms with E-state index < -0.39 is 0 Å². The van der Waals surface area contributed by atoms with Crippen molar-refractivity contribution in [3.05, 3.63) is 0 Å². The SMILES string of the molecule is CCC(CC)C(CNC1CCC(C)CC1C)N(C)C. The molecule has 2 heteroatoms. The highest BCUT2D eigenvalue weighted by Gasteiger charge is 2.27. The molecule has 1 fully saturated rings. The molecule has 1 rings (SSSR count). The van der Waals surface area contributed by atoms with Crippen LogP contribution in [-0.2, 0) is 0 Å². The number of likely N-dealkylation sites (N-methyl/N-ethyl adjacent to an activating group) is 1. The van der Waals surface area contributed by atoms with Gasteiger partial charge < -0.3 is 10.2 Å². The van der Waals surface area contributed by atoms with Crippen LogP contribution in [0.25, 0.3) is 0 Å². The smallest absolute Gasteiger partial charge is 0.0242 e. The van der Waals surface area contributed by atoms with Gasteiger partial charge in [-0.3, -0.25) is 0 Å². The first-order valence-corrected chi connectivity index (χ1v) is 8.39. The van der Waals surface area contributed by atoms with Crippen molar-refractivity contribution >= 4 is 0 Å². The Kier molecular flexibility index (Phi) is 7.38. The van der Waals surface area contributed by atoms with E-state index in [1.165, 1.54) is 32.1 Å². The Morgan fingerprint density at radius 3 is 2.21 bits per heavy atom. The third-order valence-electron chi connectivity index (χ3n) is 5.28. The minimum absolute atomic E-state index is 0.682. The number of hydrogen-bond acceptors (Lipinski definition) is 2. The van der Waals surface area contributed by atoms with Gasteiger partial charge in [0.25, 0.3) is 0 Å². The van der Waals surface area contributed by atoms with Gasteiger partial charge in [-0.05, 0) is 51.1 Å². The van der Waals surface area contributed by atoms with Crippen molar-refractivity contribution in [3.8, 4) is 0 Å². The molecule has 0 spiro atoms. The number of hydrogen-bond donors (Lipinski definition) is 1. The van der Waals surface area contributed by atoms with Gasteiger partial charge in [0.15, 0.2) is 0 Å². The molecule has 1 N–H and O–H groups in total. The Morgan fingerprint density at radius 1 is 1.11 bits per heavy atom. The van der Waals surface area contributed by atoms with Crippen LogP contribution in [0.1, 0.15) is 59.8 Å². The van der Waals surface area contributed by atoms with E-state index in [9.17, 15) is 0 Å². The maximum absolute atomic E-state index is 3.88. The monoisotopic (exact) mass is 268 g/mol. The van der Waals surface area contributed by atoms with Gasteiger partial charge in [0.2, 0.25) is 0 Å². The Labute approximate surface area is 121 Å². The van der Waals surface area contributed by atoms with Crippen LogP contribution in [0.5, 0.6) is 0 Å². The standard InChI is InChI=1S/C17H36N2/c1-7-15(8-2)17(19(5)6)12-18-16-10-9-13(3)11-14(16)4/h13-18H,7-12H2,1-6H3. The Hall–Kier alpha value is -0.0800. The Balaban J connectivity index is 2.47. The van der Waals surface area contributed by atoms with E-state index in [-0.39, 0.29) is 0 Å². The quantitative estimate of drug-likeness (QED) is 0.756. The molecule has 1 aliphatic rings. The van der Waals surface area contributed by atoms with E-state index in [4.69, 9.17) is 0 Å². The maximum Gasteiger partial charge on any atom is 0.0242 e. The van der Waals surface area contributed by atoms with E-state index in [2.05, 4.69) is 52.0 Å². The number of nitrogens with one attached hydrogen (secondary N) is 1. The summed E-state index contributed by atoms with van der Waals surface area (Å²) in [6, 6.07) is 1.43. The molecule has 0 aromatic heterocycles. The average Bonchev–Trinajstić information content (AvgIpc) is 2.36. The van der Waals surface area contributed by atoms with Gasteiger partial charge in [-0.2, -0.15) is 0 Å². The summed E-state index contributed by atoms with van der Waals surface area (Å²) in [6.45, 7) is 10.6. The maximum atomic E-state index is 3.88. The van der Waals surface area contributed by atoms with Crippen LogP contribution < -0.4 is 5.32 Å². The average molecular weight is 268 g/mol. The predicted molar refractivity (Wildman–Crippen MR) is 85.5 cm³/mol. The van der Waals surface area contributed by atoms with Gasteiger partial charge in [-0.25, -0.2) is 0 Å². The van der Waals surface area contributed by atoms with Gasteiger partial charge in [0.1, 0.15) is 0 Å². The fourth-order valence-corrected chi connectivity index (χ4v) is 3.84. The molecule has 1 saturated carbocycles. The van der Waals surface area contributed by atoms with Gasteiger partial charge in [0, 0.05) is 18.6 Å². The molecule has 0 saturated heterocycles. The lowest BCUT2D eigenvalue weighted by Gasteiger charge is -2.37. The molecule has 0 bridgehead atoms. The fourth-order valence-electron chi connectivity index (χ4n) is 3.84.